The van der Waals surface area contributed by atoms with Crippen LogP contribution in [0.1, 0.15) is 22.7 Å². The Bertz CT molecular complexity index is 450. The molecule has 4 nitrogen and oxygen atoms in total. The number of rotatable bonds is 2. The van der Waals surface area contributed by atoms with E-state index in [9.17, 15) is 0 Å². The van der Waals surface area contributed by atoms with Crippen molar-refractivity contribution in [2.75, 3.05) is 5.73 Å². The summed E-state index contributed by atoms with van der Waals surface area (Å²) >= 11 is 0. The Balaban J connectivity index is 2.44. The molecule has 82 valence electrons. The van der Waals surface area contributed by atoms with Gasteiger partial charge in [-0.2, -0.15) is 0 Å². The molecule has 0 aliphatic carbocycles. The van der Waals surface area contributed by atoms with Crippen molar-refractivity contribution < 1.29 is 0 Å². The van der Waals surface area contributed by atoms with Crippen molar-refractivity contribution in [3.05, 3.63) is 53.6 Å². The van der Waals surface area contributed by atoms with E-state index >= 15 is 0 Å². The van der Waals surface area contributed by atoms with Gasteiger partial charge >= 0.3 is 0 Å². The molecule has 0 aliphatic heterocycles. The Kier molecular flexibility index (Phi) is 2.83. The van der Waals surface area contributed by atoms with Crippen molar-refractivity contribution >= 4 is 5.69 Å². The fourth-order valence-electron chi connectivity index (χ4n) is 1.68. The summed E-state index contributed by atoms with van der Waals surface area (Å²) in [6.45, 7) is 1.98. The van der Waals surface area contributed by atoms with Crippen molar-refractivity contribution in [2.24, 2.45) is 5.73 Å². The van der Waals surface area contributed by atoms with Crippen LogP contribution in [0.4, 0.5) is 5.69 Å². The van der Waals surface area contributed by atoms with E-state index in [2.05, 4.69) is 9.97 Å². The van der Waals surface area contributed by atoms with Crippen LogP contribution in [0.3, 0.4) is 0 Å². The Morgan fingerprint density at radius 2 is 1.75 bits per heavy atom. The van der Waals surface area contributed by atoms with Gasteiger partial charge in [-0.1, -0.05) is 0 Å². The largest absolute Gasteiger partial charge is 0.398 e. The molecule has 0 saturated carbocycles. The van der Waals surface area contributed by atoms with Gasteiger partial charge in [-0.3, -0.25) is 9.97 Å². The number of hydrogen-bond donors (Lipinski definition) is 2. The van der Waals surface area contributed by atoms with Crippen LogP contribution in [0.25, 0.3) is 0 Å². The first-order valence-corrected chi connectivity index (χ1v) is 5.05. The van der Waals surface area contributed by atoms with Crippen LogP contribution in [0.15, 0.2) is 36.9 Å². The summed E-state index contributed by atoms with van der Waals surface area (Å²) in [5, 5.41) is 0. The molecule has 0 amide bonds. The van der Waals surface area contributed by atoms with Gasteiger partial charge in [-0.25, -0.2) is 0 Å². The third-order valence-corrected chi connectivity index (χ3v) is 2.62. The van der Waals surface area contributed by atoms with Gasteiger partial charge in [0.2, 0.25) is 0 Å². The Morgan fingerprint density at radius 1 is 1.06 bits per heavy atom. The summed E-state index contributed by atoms with van der Waals surface area (Å²) in [5.41, 5.74) is 15.6. The standard InChI is InChI=1S/C12H14N4/c1-8-6-15-4-2-9(8)12(14)10-7-16-5-3-11(10)13/h2-7,12H,14H2,1H3,(H2,13,16). The highest BCUT2D eigenvalue weighted by Gasteiger charge is 2.13. The zero-order valence-electron chi connectivity index (χ0n) is 9.09. The third kappa shape index (κ3) is 1.87. The maximum Gasteiger partial charge on any atom is 0.0591 e. The highest BCUT2D eigenvalue weighted by Crippen LogP contribution is 2.25. The first-order chi connectivity index (χ1) is 7.70. The molecule has 0 spiro atoms. The van der Waals surface area contributed by atoms with Crippen molar-refractivity contribution in [1.82, 2.24) is 9.97 Å². The summed E-state index contributed by atoms with van der Waals surface area (Å²) < 4.78 is 0. The number of nitrogens with zero attached hydrogens (tertiary/aromatic N) is 2. The smallest absolute Gasteiger partial charge is 0.0591 e. The molecular weight excluding hydrogens is 200 g/mol. The number of aryl methyl sites for hydroxylation is 1. The fraction of sp³-hybridized carbons (Fsp3) is 0.167. The van der Waals surface area contributed by atoms with Crippen LogP contribution in [-0.4, -0.2) is 9.97 Å². The predicted molar refractivity (Wildman–Crippen MR) is 63.7 cm³/mol. The van der Waals surface area contributed by atoms with Gasteiger partial charge in [-0.15, -0.1) is 0 Å². The first-order valence-electron chi connectivity index (χ1n) is 5.05. The molecule has 0 saturated heterocycles. The van der Waals surface area contributed by atoms with Gasteiger partial charge in [-0.05, 0) is 30.2 Å². The van der Waals surface area contributed by atoms with Crippen molar-refractivity contribution in [3.63, 3.8) is 0 Å². The average Bonchev–Trinajstić information content (AvgIpc) is 2.29. The number of pyridine rings is 2. The fourth-order valence-corrected chi connectivity index (χ4v) is 1.68. The zero-order valence-corrected chi connectivity index (χ0v) is 9.09. The van der Waals surface area contributed by atoms with Crippen molar-refractivity contribution in [2.45, 2.75) is 13.0 Å². The Morgan fingerprint density at radius 3 is 2.44 bits per heavy atom. The minimum absolute atomic E-state index is 0.253. The van der Waals surface area contributed by atoms with Gasteiger partial charge in [0.05, 0.1) is 6.04 Å². The Hall–Kier alpha value is -1.94. The minimum atomic E-state index is -0.253. The zero-order chi connectivity index (χ0) is 11.5. The molecule has 4 heteroatoms. The van der Waals surface area contributed by atoms with Gasteiger partial charge in [0.1, 0.15) is 0 Å². The molecule has 0 fully saturated rings. The SMILES string of the molecule is Cc1cnccc1C(N)c1cnccc1N. The van der Waals surface area contributed by atoms with E-state index in [0.717, 1.165) is 16.7 Å². The van der Waals surface area contributed by atoms with Crippen molar-refractivity contribution in [1.29, 1.82) is 0 Å². The second-order valence-electron chi connectivity index (χ2n) is 3.71. The molecule has 1 unspecified atom stereocenters. The maximum atomic E-state index is 6.17. The lowest BCUT2D eigenvalue weighted by Gasteiger charge is -2.15. The predicted octanol–water partition coefficient (Wildman–Crippen LogP) is 1.42. The van der Waals surface area contributed by atoms with Gasteiger partial charge in [0.25, 0.3) is 0 Å². The minimum Gasteiger partial charge on any atom is -0.398 e. The molecule has 4 N–H and O–H groups in total. The molecule has 0 aliphatic rings. The second-order valence-corrected chi connectivity index (χ2v) is 3.71. The summed E-state index contributed by atoms with van der Waals surface area (Å²) in [6, 6.07) is 3.41. The van der Waals surface area contributed by atoms with Gasteiger partial charge in [0.15, 0.2) is 0 Å². The van der Waals surface area contributed by atoms with Crippen LogP contribution in [-0.2, 0) is 0 Å². The lowest BCUT2D eigenvalue weighted by atomic mass is 9.97. The molecule has 0 radical (unpaired) electrons. The summed E-state index contributed by atoms with van der Waals surface area (Å²) in [5.74, 6) is 0. The van der Waals surface area contributed by atoms with E-state index in [1.807, 2.05) is 13.0 Å². The topological polar surface area (TPSA) is 77.8 Å². The quantitative estimate of drug-likeness (QED) is 0.792. The summed E-state index contributed by atoms with van der Waals surface area (Å²) in [7, 11) is 0. The van der Waals surface area contributed by atoms with Crippen LogP contribution in [0.2, 0.25) is 0 Å². The molecule has 0 aromatic carbocycles. The third-order valence-electron chi connectivity index (χ3n) is 2.62. The van der Waals surface area contributed by atoms with Crippen LogP contribution in [0, 0.1) is 6.92 Å². The number of nitrogen functional groups attached to an aromatic ring is 1. The lowest BCUT2D eigenvalue weighted by molar-refractivity contribution is 0.852. The average molecular weight is 214 g/mol. The molecule has 2 rings (SSSR count). The number of aromatic nitrogens is 2. The van der Waals surface area contributed by atoms with E-state index in [1.165, 1.54) is 0 Å². The van der Waals surface area contributed by atoms with E-state index in [4.69, 9.17) is 11.5 Å². The molecule has 1 atom stereocenters. The monoisotopic (exact) mass is 214 g/mol. The van der Waals surface area contributed by atoms with Crippen LogP contribution in [0.5, 0.6) is 0 Å². The van der Waals surface area contributed by atoms with E-state index in [0.29, 0.717) is 5.69 Å². The summed E-state index contributed by atoms with van der Waals surface area (Å²) in [6.07, 6.45) is 6.89. The van der Waals surface area contributed by atoms with E-state index in [1.54, 1.807) is 30.9 Å². The highest BCUT2D eigenvalue weighted by atomic mass is 14.7. The van der Waals surface area contributed by atoms with Gasteiger partial charge in [0, 0.05) is 36.0 Å². The molecule has 16 heavy (non-hydrogen) atoms. The number of hydrogen-bond acceptors (Lipinski definition) is 4. The first kappa shape index (κ1) is 10.6. The van der Waals surface area contributed by atoms with E-state index < -0.39 is 0 Å². The maximum absolute atomic E-state index is 6.17. The van der Waals surface area contributed by atoms with Crippen molar-refractivity contribution in [3.8, 4) is 0 Å². The molecule has 0 bridgehead atoms. The second kappa shape index (κ2) is 4.28. The molecule has 2 aromatic heterocycles. The van der Waals surface area contributed by atoms with Crippen LogP contribution >= 0.6 is 0 Å². The molecule has 2 heterocycles. The lowest BCUT2D eigenvalue weighted by Crippen LogP contribution is -2.15. The van der Waals surface area contributed by atoms with Gasteiger partial charge < -0.3 is 11.5 Å². The number of anilines is 1. The summed E-state index contributed by atoms with van der Waals surface area (Å²) in [4.78, 5) is 8.09. The highest BCUT2D eigenvalue weighted by molar-refractivity contribution is 5.50. The number of nitrogens with two attached hydrogens (primary N) is 2. The molecular formula is C12H14N4. The normalized spacial score (nSPS) is 12.4. The van der Waals surface area contributed by atoms with E-state index in [-0.39, 0.29) is 6.04 Å². The molecule has 2 aromatic rings. The Labute approximate surface area is 94.3 Å². The van der Waals surface area contributed by atoms with Crippen LogP contribution < -0.4 is 11.5 Å².